The maximum atomic E-state index is 11.6. The Kier molecular flexibility index (Phi) is 3.55. The van der Waals surface area contributed by atoms with Crippen molar-refractivity contribution in [2.45, 2.75) is 18.2 Å². The number of carbonyl (C=O) groups is 2. The second kappa shape index (κ2) is 5.37. The number of nitrogens with one attached hydrogen (secondary N) is 2. The molecule has 2 N–H and O–H groups in total. The average Bonchev–Trinajstić information content (AvgIpc) is 2.79. The van der Waals surface area contributed by atoms with Crippen molar-refractivity contribution in [2.75, 3.05) is 10.6 Å². The van der Waals surface area contributed by atoms with Crippen LogP contribution in [0.5, 0.6) is 0 Å². The molecule has 0 saturated carbocycles. The van der Waals surface area contributed by atoms with Crippen LogP contribution >= 0.6 is 15.9 Å². The lowest BCUT2D eigenvalue weighted by Crippen LogP contribution is -2.16. The Morgan fingerprint density at radius 3 is 2.52 bits per heavy atom. The van der Waals surface area contributed by atoms with Crippen LogP contribution in [0.2, 0.25) is 0 Å². The van der Waals surface area contributed by atoms with Crippen molar-refractivity contribution in [1.82, 2.24) is 0 Å². The molecule has 1 atom stereocenters. The highest BCUT2D eigenvalue weighted by Crippen LogP contribution is 2.36. The van der Waals surface area contributed by atoms with Crippen LogP contribution in [-0.2, 0) is 9.59 Å². The molecule has 1 unspecified atom stereocenters. The highest BCUT2D eigenvalue weighted by Gasteiger charge is 2.21. The molecule has 0 spiro atoms. The van der Waals surface area contributed by atoms with Crippen LogP contribution in [-0.4, -0.2) is 11.8 Å². The summed E-state index contributed by atoms with van der Waals surface area (Å²) in [6, 6.07) is 7.45. The van der Waals surface area contributed by atoms with Gasteiger partial charge in [0.15, 0.2) is 0 Å². The third-order valence-corrected chi connectivity index (χ3v) is 4.40. The summed E-state index contributed by atoms with van der Waals surface area (Å²) in [5.41, 5.74) is 3.21. The average molecular weight is 349 g/mol. The van der Waals surface area contributed by atoms with Crippen molar-refractivity contribution in [2.24, 2.45) is 0 Å². The minimum atomic E-state index is -0.311. The Labute approximate surface area is 129 Å². The molecule has 1 aliphatic rings. The highest BCUT2D eigenvalue weighted by molar-refractivity contribution is 9.09. The van der Waals surface area contributed by atoms with Crippen molar-refractivity contribution < 1.29 is 14.0 Å². The Bertz CT molecular complexity index is 723. The molecule has 108 valence electrons. The van der Waals surface area contributed by atoms with Gasteiger partial charge in [-0.05, 0) is 30.7 Å². The standard InChI is InChI=1S/C15H13BrN2O3/c1-8-10(4-5-21-8)15(16)9-2-3-11-12(6-9)18-14(20)7-13(19)17-11/h2-6,15H,7H2,1H3,(H,17,19)(H,18,20). The van der Waals surface area contributed by atoms with Crippen LogP contribution in [0.15, 0.2) is 34.9 Å². The van der Waals surface area contributed by atoms with E-state index in [4.69, 9.17) is 4.42 Å². The monoisotopic (exact) mass is 348 g/mol. The molecular formula is C15H13BrN2O3. The third-order valence-electron chi connectivity index (χ3n) is 3.38. The van der Waals surface area contributed by atoms with Crippen LogP contribution in [0.3, 0.4) is 0 Å². The lowest BCUT2D eigenvalue weighted by Gasteiger charge is -2.13. The number of alkyl halides is 1. The zero-order chi connectivity index (χ0) is 15.0. The topological polar surface area (TPSA) is 71.3 Å². The van der Waals surface area contributed by atoms with E-state index >= 15 is 0 Å². The van der Waals surface area contributed by atoms with Gasteiger partial charge in [0.2, 0.25) is 11.8 Å². The van der Waals surface area contributed by atoms with Gasteiger partial charge in [0.05, 0.1) is 22.5 Å². The van der Waals surface area contributed by atoms with E-state index in [1.807, 2.05) is 25.1 Å². The fourth-order valence-electron chi connectivity index (χ4n) is 2.30. The van der Waals surface area contributed by atoms with E-state index < -0.39 is 0 Å². The normalized spacial score (nSPS) is 15.7. The van der Waals surface area contributed by atoms with Gasteiger partial charge in [-0.25, -0.2) is 0 Å². The van der Waals surface area contributed by atoms with Crippen LogP contribution < -0.4 is 10.6 Å². The number of rotatable bonds is 2. The smallest absolute Gasteiger partial charge is 0.233 e. The van der Waals surface area contributed by atoms with E-state index in [0.29, 0.717) is 11.4 Å². The Morgan fingerprint density at radius 1 is 1.14 bits per heavy atom. The number of benzene rings is 1. The first-order valence-electron chi connectivity index (χ1n) is 6.46. The molecule has 2 aromatic rings. The van der Waals surface area contributed by atoms with Crippen molar-refractivity contribution >= 4 is 39.1 Å². The van der Waals surface area contributed by atoms with E-state index in [9.17, 15) is 9.59 Å². The molecule has 0 aliphatic carbocycles. The molecule has 1 aromatic carbocycles. The molecule has 3 rings (SSSR count). The number of hydrogen-bond donors (Lipinski definition) is 2. The first-order valence-corrected chi connectivity index (χ1v) is 7.38. The van der Waals surface area contributed by atoms with Crippen molar-refractivity contribution in [3.63, 3.8) is 0 Å². The molecule has 0 bridgehead atoms. The van der Waals surface area contributed by atoms with Gasteiger partial charge in [-0.2, -0.15) is 0 Å². The van der Waals surface area contributed by atoms with Crippen LogP contribution in [0.4, 0.5) is 11.4 Å². The molecule has 2 heterocycles. The predicted molar refractivity (Wildman–Crippen MR) is 82.5 cm³/mol. The fraction of sp³-hybridized carbons (Fsp3) is 0.200. The van der Waals surface area contributed by atoms with Gasteiger partial charge in [0.25, 0.3) is 0 Å². The molecule has 21 heavy (non-hydrogen) atoms. The van der Waals surface area contributed by atoms with Gasteiger partial charge < -0.3 is 15.1 Å². The molecule has 0 radical (unpaired) electrons. The quantitative estimate of drug-likeness (QED) is 0.645. The number of furan rings is 1. The van der Waals surface area contributed by atoms with Crippen LogP contribution in [0.1, 0.15) is 28.1 Å². The second-order valence-corrected chi connectivity index (χ2v) is 5.79. The summed E-state index contributed by atoms with van der Waals surface area (Å²) in [5.74, 6) is 0.221. The maximum Gasteiger partial charge on any atom is 0.233 e. The molecule has 2 amide bonds. The molecule has 5 nitrogen and oxygen atoms in total. The SMILES string of the molecule is Cc1occc1C(Br)c1ccc2c(c1)NC(=O)CC(=O)N2. The van der Waals surface area contributed by atoms with Crippen LogP contribution in [0, 0.1) is 6.92 Å². The van der Waals surface area contributed by atoms with Gasteiger partial charge in [-0.1, -0.05) is 22.0 Å². The number of halogens is 1. The number of hydrogen-bond acceptors (Lipinski definition) is 3. The Balaban J connectivity index is 1.98. The third kappa shape index (κ3) is 2.71. The molecule has 1 aliphatic heterocycles. The number of fused-ring (bicyclic) bond motifs is 1. The summed E-state index contributed by atoms with van der Waals surface area (Å²) in [7, 11) is 0. The largest absolute Gasteiger partial charge is 0.469 e. The molecule has 1 aromatic heterocycles. The molecule has 0 saturated heterocycles. The number of aryl methyl sites for hydroxylation is 1. The summed E-state index contributed by atoms with van der Waals surface area (Å²) in [6.45, 7) is 1.90. The van der Waals surface area contributed by atoms with Gasteiger partial charge in [0, 0.05) is 5.56 Å². The first kappa shape index (κ1) is 13.9. The summed E-state index contributed by atoms with van der Waals surface area (Å²) < 4.78 is 5.31. The number of carbonyl (C=O) groups excluding carboxylic acids is 2. The summed E-state index contributed by atoms with van der Waals surface area (Å²) in [5, 5.41) is 5.45. The maximum absolute atomic E-state index is 11.6. The van der Waals surface area contributed by atoms with E-state index in [2.05, 4.69) is 26.6 Å². The van der Waals surface area contributed by atoms with Crippen molar-refractivity contribution in [3.05, 3.63) is 47.4 Å². The van der Waals surface area contributed by atoms with Gasteiger partial charge >= 0.3 is 0 Å². The lowest BCUT2D eigenvalue weighted by molar-refractivity contribution is -0.123. The summed E-state index contributed by atoms with van der Waals surface area (Å²) >= 11 is 3.64. The van der Waals surface area contributed by atoms with Crippen molar-refractivity contribution in [3.8, 4) is 0 Å². The lowest BCUT2D eigenvalue weighted by atomic mass is 10.0. The van der Waals surface area contributed by atoms with Crippen molar-refractivity contribution in [1.29, 1.82) is 0 Å². The van der Waals surface area contributed by atoms with E-state index in [0.717, 1.165) is 16.9 Å². The Hall–Kier alpha value is -2.08. The van der Waals surface area contributed by atoms with Gasteiger partial charge in [-0.15, -0.1) is 0 Å². The Morgan fingerprint density at radius 2 is 1.86 bits per heavy atom. The van der Waals surface area contributed by atoms with E-state index in [1.165, 1.54) is 0 Å². The van der Waals surface area contributed by atoms with Crippen LogP contribution in [0.25, 0.3) is 0 Å². The van der Waals surface area contributed by atoms with Gasteiger partial charge in [0.1, 0.15) is 12.2 Å². The minimum Gasteiger partial charge on any atom is -0.469 e. The fourth-order valence-corrected chi connectivity index (χ4v) is 3.06. The van der Waals surface area contributed by atoms with Gasteiger partial charge in [-0.3, -0.25) is 9.59 Å². The summed E-state index contributed by atoms with van der Waals surface area (Å²) in [4.78, 5) is 23.1. The number of anilines is 2. The predicted octanol–water partition coefficient (Wildman–Crippen LogP) is 3.35. The van der Waals surface area contributed by atoms with E-state index in [1.54, 1.807) is 12.3 Å². The zero-order valence-corrected chi connectivity index (χ0v) is 12.9. The molecular weight excluding hydrogens is 336 g/mol. The summed E-state index contributed by atoms with van der Waals surface area (Å²) in [6.07, 6.45) is 1.48. The minimum absolute atomic E-state index is 0.0441. The zero-order valence-electron chi connectivity index (χ0n) is 11.3. The second-order valence-electron chi connectivity index (χ2n) is 4.87. The number of amides is 2. The molecule has 0 fully saturated rings. The highest BCUT2D eigenvalue weighted by atomic mass is 79.9. The molecule has 6 heteroatoms. The first-order chi connectivity index (χ1) is 10.0. The van der Waals surface area contributed by atoms with E-state index in [-0.39, 0.29) is 23.1 Å².